The number of nitrogens with one attached hydrogen (secondary N) is 1. The second kappa shape index (κ2) is 15.7. The van der Waals surface area contributed by atoms with Gasteiger partial charge in [-0.25, -0.2) is 0 Å². The van der Waals surface area contributed by atoms with Gasteiger partial charge in [-0.05, 0) is 43.4 Å². The molecule has 0 aliphatic heterocycles. The lowest BCUT2D eigenvalue weighted by Gasteiger charge is -2.12. The molecule has 1 aromatic rings. The number of aliphatic hydroxyl groups is 1. The number of unbranched alkanes of at least 4 members (excludes halogenated alkanes) is 8. The lowest BCUT2D eigenvalue weighted by atomic mass is 10.0. The van der Waals surface area contributed by atoms with Crippen LogP contribution < -0.4 is 5.32 Å². The number of amides is 1. The second-order valence-electron chi connectivity index (χ2n) is 8.05. The first-order chi connectivity index (χ1) is 15.2. The highest BCUT2D eigenvalue weighted by atomic mass is 19.4. The Labute approximate surface area is 188 Å². The van der Waals surface area contributed by atoms with Crippen LogP contribution in [-0.4, -0.2) is 36.7 Å². The molecule has 0 bridgehead atoms. The summed E-state index contributed by atoms with van der Waals surface area (Å²) in [5, 5.41) is 12.7. The molecule has 0 aliphatic rings. The molecule has 8 heteroatoms. The first kappa shape index (κ1) is 27.9. The molecule has 182 valence electrons. The van der Waals surface area contributed by atoms with Crippen molar-refractivity contribution in [2.45, 2.75) is 89.3 Å². The summed E-state index contributed by atoms with van der Waals surface area (Å²) in [7, 11) is 1.41. The van der Waals surface area contributed by atoms with Crippen LogP contribution in [0.4, 0.5) is 13.2 Å². The van der Waals surface area contributed by atoms with Gasteiger partial charge in [-0.2, -0.15) is 13.2 Å². The summed E-state index contributed by atoms with van der Waals surface area (Å²) < 4.78 is 42.3. The number of rotatable bonds is 16. The van der Waals surface area contributed by atoms with Crippen LogP contribution in [0.25, 0.3) is 0 Å². The Hall–Kier alpha value is -2.09. The summed E-state index contributed by atoms with van der Waals surface area (Å²) in [5.74, 6) is -0.590. The molecular formula is C24H36F3NO4. The summed E-state index contributed by atoms with van der Waals surface area (Å²) in [4.78, 5) is 22.9. The maximum Gasteiger partial charge on any atom is 0.416 e. The number of aryl methyl sites for hydroxylation is 1. The van der Waals surface area contributed by atoms with E-state index in [2.05, 4.69) is 10.1 Å². The van der Waals surface area contributed by atoms with Crippen LogP contribution in [0.3, 0.4) is 0 Å². The van der Waals surface area contributed by atoms with Crippen molar-refractivity contribution < 1.29 is 32.6 Å². The van der Waals surface area contributed by atoms with Gasteiger partial charge in [0.15, 0.2) is 0 Å². The van der Waals surface area contributed by atoms with Gasteiger partial charge in [-0.3, -0.25) is 9.59 Å². The van der Waals surface area contributed by atoms with E-state index in [0.717, 1.165) is 69.9 Å². The molecule has 0 heterocycles. The van der Waals surface area contributed by atoms with E-state index in [4.69, 9.17) is 0 Å². The molecule has 0 radical (unpaired) electrons. The molecule has 1 rings (SSSR count). The van der Waals surface area contributed by atoms with Gasteiger partial charge in [0.05, 0.1) is 12.7 Å². The smallest absolute Gasteiger partial charge is 0.416 e. The number of hydrogen-bond acceptors (Lipinski definition) is 4. The summed E-state index contributed by atoms with van der Waals surface area (Å²) in [6, 6.07) is 4.76. The molecule has 0 saturated heterocycles. The van der Waals surface area contributed by atoms with Crippen LogP contribution in [-0.2, 0) is 26.9 Å². The highest BCUT2D eigenvalue weighted by Gasteiger charge is 2.29. The molecule has 1 atom stereocenters. The van der Waals surface area contributed by atoms with Crippen molar-refractivity contribution >= 4 is 11.9 Å². The molecular weight excluding hydrogens is 423 g/mol. The van der Waals surface area contributed by atoms with E-state index < -0.39 is 23.8 Å². The summed E-state index contributed by atoms with van der Waals surface area (Å²) >= 11 is 0. The van der Waals surface area contributed by atoms with E-state index in [-0.39, 0.29) is 12.4 Å². The van der Waals surface area contributed by atoms with Crippen LogP contribution in [0.1, 0.15) is 81.8 Å². The number of esters is 1. The van der Waals surface area contributed by atoms with Gasteiger partial charge in [0.2, 0.25) is 5.91 Å². The van der Waals surface area contributed by atoms with Gasteiger partial charge in [0, 0.05) is 13.0 Å². The number of ether oxygens (including phenoxy) is 1. The Morgan fingerprint density at radius 3 is 2.00 bits per heavy atom. The third-order valence-corrected chi connectivity index (χ3v) is 5.37. The van der Waals surface area contributed by atoms with Crippen molar-refractivity contribution in [1.82, 2.24) is 5.32 Å². The van der Waals surface area contributed by atoms with Gasteiger partial charge >= 0.3 is 12.1 Å². The zero-order valence-electron chi connectivity index (χ0n) is 18.9. The van der Waals surface area contributed by atoms with Crippen molar-refractivity contribution in [3.63, 3.8) is 0 Å². The average molecular weight is 460 g/mol. The number of carbonyl (C=O) groups excluding carboxylic acids is 2. The molecule has 1 unspecified atom stereocenters. The maximum atomic E-state index is 12.6. The van der Waals surface area contributed by atoms with Crippen LogP contribution in [0.5, 0.6) is 0 Å². The largest absolute Gasteiger partial charge is 0.469 e. The van der Waals surface area contributed by atoms with Crippen LogP contribution in [0.2, 0.25) is 0 Å². The third kappa shape index (κ3) is 12.7. The first-order valence-corrected chi connectivity index (χ1v) is 11.4. The summed E-state index contributed by atoms with van der Waals surface area (Å²) in [6.07, 6.45) is 4.88. The molecule has 0 fully saturated rings. The molecule has 1 amide bonds. The maximum absolute atomic E-state index is 12.6. The Balaban J connectivity index is 2.01. The Bertz CT molecular complexity index is 662. The number of methoxy groups -OCH3 is 1. The molecule has 0 spiro atoms. The van der Waals surface area contributed by atoms with Crippen molar-refractivity contribution in [2.24, 2.45) is 0 Å². The van der Waals surface area contributed by atoms with E-state index in [0.29, 0.717) is 24.9 Å². The summed E-state index contributed by atoms with van der Waals surface area (Å²) in [5.41, 5.74) is -0.0662. The number of aliphatic hydroxyl groups excluding tert-OH is 1. The normalized spacial score (nSPS) is 12.4. The van der Waals surface area contributed by atoms with E-state index in [1.807, 2.05) is 0 Å². The fraction of sp³-hybridized carbons (Fsp3) is 0.667. The van der Waals surface area contributed by atoms with E-state index in [1.54, 1.807) is 0 Å². The predicted octanol–water partition coefficient (Wildman–Crippen LogP) is 5.19. The molecule has 1 aromatic carbocycles. The molecule has 2 N–H and O–H groups in total. The van der Waals surface area contributed by atoms with Gasteiger partial charge in [-0.1, -0.05) is 57.1 Å². The van der Waals surface area contributed by atoms with Gasteiger partial charge in [0.1, 0.15) is 6.10 Å². The monoisotopic (exact) mass is 459 g/mol. The van der Waals surface area contributed by atoms with Gasteiger partial charge < -0.3 is 15.2 Å². The van der Waals surface area contributed by atoms with E-state index in [1.165, 1.54) is 19.2 Å². The van der Waals surface area contributed by atoms with Crippen molar-refractivity contribution in [2.75, 3.05) is 13.7 Å². The molecule has 0 saturated carbocycles. The number of benzene rings is 1. The minimum atomic E-state index is -4.37. The quantitative estimate of drug-likeness (QED) is 0.264. The van der Waals surface area contributed by atoms with Crippen molar-refractivity contribution in [1.29, 1.82) is 0 Å². The van der Waals surface area contributed by atoms with Crippen molar-refractivity contribution in [3.05, 3.63) is 35.4 Å². The zero-order valence-corrected chi connectivity index (χ0v) is 18.9. The molecule has 5 nitrogen and oxygen atoms in total. The minimum Gasteiger partial charge on any atom is -0.469 e. The fourth-order valence-corrected chi connectivity index (χ4v) is 3.36. The van der Waals surface area contributed by atoms with Crippen LogP contribution in [0.15, 0.2) is 24.3 Å². The number of halogens is 3. The Morgan fingerprint density at radius 1 is 0.938 bits per heavy atom. The number of alkyl halides is 3. The molecule has 0 aromatic heterocycles. The standard InChI is InChI=1S/C24H36F3NO4/c1-32-22(30)11-9-7-5-3-2-4-6-8-10-18-28-23(31)21(29)17-14-19-12-15-20(16-13-19)24(25,26)27/h12-13,15-16,21,29H,2-11,14,17-18H2,1H3,(H,28,31). The topological polar surface area (TPSA) is 75.6 Å². The van der Waals surface area contributed by atoms with E-state index in [9.17, 15) is 27.9 Å². The summed E-state index contributed by atoms with van der Waals surface area (Å²) in [6.45, 7) is 0.504. The Morgan fingerprint density at radius 2 is 1.47 bits per heavy atom. The zero-order chi connectivity index (χ0) is 23.8. The van der Waals surface area contributed by atoms with Gasteiger partial charge in [0.25, 0.3) is 0 Å². The number of hydrogen-bond donors (Lipinski definition) is 2. The first-order valence-electron chi connectivity index (χ1n) is 11.4. The van der Waals surface area contributed by atoms with Crippen LogP contribution in [0, 0.1) is 0 Å². The van der Waals surface area contributed by atoms with Crippen LogP contribution >= 0.6 is 0 Å². The highest BCUT2D eigenvalue weighted by Crippen LogP contribution is 2.29. The Kier molecular flexibility index (Phi) is 13.7. The highest BCUT2D eigenvalue weighted by molar-refractivity contribution is 5.80. The third-order valence-electron chi connectivity index (χ3n) is 5.37. The van der Waals surface area contributed by atoms with Gasteiger partial charge in [-0.15, -0.1) is 0 Å². The predicted molar refractivity (Wildman–Crippen MR) is 117 cm³/mol. The lowest BCUT2D eigenvalue weighted by Crippen LogP contribution is -2.35. The average Bonchev–Trinajstić information content (AvgIpc) is 2.77. The number of carbonyl (C=O) groups is 2. The van der Waals surface area contributed by atoms with Crippen molar-refractivity contribution in [3.8, 4) is 0 Å². The minimum absolute atomic E-state index is 0.149. The fourth-order valence-electron chi connectivity index (χ4n) is 3.36. The van der Waals surface area contributed by atoms with E-state index >= 15 is 0 Å². The molecule has 32 heavy (non-hydrogen) atoms. The SMILES string of the molecule is COC(=O)CCCCCCCCCCCNC(=O)C(O)CCc1ccc(C(F)(F)F)cc1. The lowest BCUT2D eigenvalue weighted by molar-refractivity contribution is -0.141. The molecule has 0 aliphatic carbocycles. The second-order valence-corrected chi connectivity index (χ2v) is 8.05.